The molecule has 120 valence electrons. The SMILES string of the molecule is C/C(=C\[C@H](C(C)C)N(C)C(=O)CNC=O)C(=O)NCCO. The summed E-state index contributed by atoms with van der Waals surface area (Å²) in [7, 11) is 1.63. The Morgan fingerprint density at radius 2 is 1.95 bits per heavy atom. The molecule has 0 radical (unpaired) electrons. The summed E-state index contributed by atoms with van der Waals surface area (Å²) in [4.78, 5) is 35.4. The van der Waals surface area contributed by atoms with Gasteiger partial charge in [0.05, 0.1) is 19.2 Å². The zero-order chi connectivity index (χ0) is 16.4. The summed E-state index contributed by atoms with van der Waals surface area (Å²) in [5.41, 5.74) is 0.477. The average Bonchev–Trinajstić information content (AvgIpc) is 2.46. The van der Waals surface area contributed by atoms with E-state index >= 15 is 0 Å². The van der Waals surface area contributed by atoms with Crippen molar-refractivity contribution >= 4 is 18.2 Å². The first-order valence-electron chi connectivity index (χ1n) is 6.85. The van der Waals surface area contributed by atoms with E-state index in [1.165, 1.54) is 4.90 Å². The Morgan fingerprint density at radius 3 is 2.43 bits per heavy atom. The van der Waals surface area contributed by atoms with Crippen molar-refractivity contribution < 1.29 is 19.5 Å². The van der Waals surface area contributed by atoms with Gasteiger partial charge in [0.15, 0.2) is 0 Å². The molecule has 0 fully saturated rings. The van der Waals surface area contributed by atoms with E-state index in [-0.39, 0.29) is 43.5 Å². The lowest BCUT2D eigenvalue weighted by molar-refractivity contribution is -0.132. The second kappa shape index (κ2) is 9.93. The van der Waals surface area contributed by atoms with Gasteiger partial charge in [-0.1, -0.05) is 19.9 Å². The van der Waals surface area contributed by atoms with Crippen molar-refractivity contribution in [2.45, 2.75) is 26.8 Å². The molecule has 0 unspecified atom stereocenters. The Balaban J connectivity index is 4.92. The minimum Gasteiger partial charge on any atom is -0.395 e. The number of nitrogens with zero attached hydrogens (tertiary/aromatic N) is 1. The van der Waals surface area contributed by atoms with Gasteiger partial charge in [0.1, 0.15) is 0 Å². The molecule has 21 heavy (non-hydrogen) atoms. The summed E-state index contributed by atoms with van der Waals surface area (Å²) >= 11 is 0. The van der Waals surface area contributed by atoms with Gasteiger partial charge in [-0.3, -0.25) is 14.4 Å². The fraction of sp³-hybridized carbons (Fsp3) is 0.643. The van der Waals surface area contributed by atoms with Gasteiger partial charge in [-0.15, -0.1) is 0 Å². The van der Waals surface area contributed by atoms with E-state index in [9.17, 15) is 14.4 Å². The van der Waals surface area contributed by atoms with Crippen LogP contribution in [0.5, 0.6) is 0 Å². The van der Waals surface area contributed by atoms with Crippen molar-refractivity contribution in [1.82, 2.24) is 15.5 Å². The van der Waals surface area contributed by atoms with E-state index in [2.05, 4.69) is 10.6 Å². The lowest BCUT2D eigenvalue weighted by Gasteiger charge is -2.29. The second-order valence-electron chi connectivity index (χ2n) is 5.07. The third-order valence-electron chi connectivity index (χ3n) is 3.04. The number of hydrogen-bond donors (Lipinski definition) is 3. The van der Waals surface area contributed by atoms with Gasteiger partial charge in [0.2, 0.25) is 18.2 Å². The summed E-state index contributed by atoms with van der Waals surface area (Å²) in [6.07, 6.45) is 2.19. The Kier molecular flexibility index (Phi) is 9.03. The van der Waals surface area contributed by atoms with E-state index in [4.69, 9.17) is 5.11 Å². The average molecular weight is 299 g/mol. The van der Waals surface area contributed by atoms with Crippen LogP contribution in [0.4, 0.5) is 0 Å². The van der Waals surface area contributed by atoms with Crippen molar-refractivity contribution in [1.29, 1.82) is 0 Å². The minimum absolute atomic E-state index is 0.0766. The summed E-state index contributed by atoms with van der Waals surface area (Å²) < 4.78 is 0. The maximum absolute atomic E-state index is 11.9. The normalized spacial score (nSPS) is 12.8. The van der Waals surface area contributed by atoms with Crippen molar-refractivity contribution in [2.75, 3.05) is 26.7 Å². The molecule has 7 nitrogen and oxygen atoms in total. The van der Waals surface area contributed by atoms with E-state index in [0.29, 0.717) is 12.0 Å². The molecule has 0 bridgehead atoms. The highest BCUT2D eigenvalue weighted by molar-refractivity contribution is 5.93. The first-order valence-corrected chi connectivity index (χ1v) is 6.85. The van der Waals surface area contributed by atoms with E-state index in [1.54, 1.807) is 20.0 Å². The third-order valence-corrected chi connectivity index (χ3v) is 3.04. The van der Waals surface area contributed by atoms with Crippen LogP contribution in [0, 0.1) is 5.92 Å². The lowest BCUT2D eigenvalue weighted by atomic mass is 10.00. The van der Waals surface area contributed by atoms with Crippen molar-refractivity contribution in [3.8, 4) is 0 Å². The standard InChI is InChI=1S/C14H25N3O4/c1-10(2)12(17(4)13(20)8-15-9-19)7-11(3)14(21)16-5-6-18/h7,9-10,12,18H,5-6,8H2,1-4H3,(H,15,19)(H,16,21)/b11-7+/t12-/m1/s1. The quantitative estimate of drug-likeness (QED) is 0.386. The molecule has 0 saturated carbocycles. The summed E-state index contributed by atoms with van der Waals surface area (Å²) in [5.74, 6) is -0.405. The molecule has 3 amide bonds. The zero-order valence-electron chi connectivity index (χ0n) is 13.0. The predicted molar refractivity (Wildman–Crippen MR) is 79.3 cm³/mol. The Morgan fingerprint density at radius 1 is 1.33 bits per heavy atom. The number of rotatable bonds is 9. The number of amides is 3. The van der Waals surface area contributed by atoms with Gasteiger partial charge in [-0.25, -0.2) is 0 Å². The second-order valence-corrected chi connectivity index (χ2v) is 5.07. The smallest absolute Gasteiger partial charge is 0.246 e. The number of hydrogen-bond acceptors (Lipinski definition) is 4. The molecular weight excluding hydrogens is 274 g/mol. The molecule has 0 aromatic rings. The van der Waals surface area contributed by atoms with Gasteiger partial charge in [-0.05, 0) is 12.8 Å². The van der Waals surface area contributed by atoms with Crippen LogP contribution in [0.2, 0.25) is 0 Å². The number of likely N-dealkylation sites (N-methyl/N-ethyl adjacent to an activating group) is 1. The Hall–Kier alpha value is -1.89. The highest BCUT2D eigenvalue weighted by Gasteiger charge is 2.21. The molecule has 0 spiro atoms. The van der Waals surface area contributed by atoms with Crippen molar-refractivity contribution in [3.05, 3.63) is 11.6 Å². The van der Waals surface area contributed by atoms with Crippen LogP contribution in [-0.2, 0) is 14.4 Å². The molecule has 0 rings (SSSR count). The monoisotopic (exact) mass is 299 g/mol. The topological polar surface area (TPSA) is 98.7 Å². The highest BCUT2D eigenvalue weighted by atomic mass is 16.3. The van der Waals surface area contributed by atoms with Crippen LogP contribution in [0.25, 0.3) is 0 Å². The van der Waals surface area contributed by atoms with Crippen LogP contribution in [0.1, 0.15) is 20.8 Å². The fourth-order valence-corrected chi connectivity index (χ4v) is 1.81. The molecular formula is C14H25N3O4. The Labute approximate surface area is 125 Å². The van der Waals surface area contributed by atoms with E-state index in [0.717, 1.165) is 0 Å². The predicted octanol–water partition coefficient (Wildman–Crippen LogP) is -0.730. The molecule has 0 aromatic carbocycles. The molecule has 0 aliphatic heterocycles. The first kappa shape index (κ1) is 19.1. The van der Waals surface area contributed by atoms with Gasteiger partial charge in [0, 0.05) is 19.2 Å². The van der Waals surface area contributed by atoms with Gasteiger partial charge >= 0.3 is 0 Å². The number of carbonyl (C=O) groups is 3. The van der Waals surface area contributed by atoms with Crippen LogP contribution < -0.4 is 10.6 Å². The molecule has 3 N–H and O–H groups in total. The lowest BCUT2D eigenvalue weighted by Crippen LogP contribution is -2.43. The van der Waals surface area contributed by atoms with Gasteiger partial charge in [-0.2, -0.15) is 0 Å². The van der Waals surface area contributed by atoms with Gasteiger partial charge in [0.25, 0.3) is 0 Å². The van der Waals surface area contributed by atoms with Gasteiger partial charge < -0.3 is 20.6 Å². The van der Waals surface area contributed by atoms with Crippen molar-refractivity contribution in [2.24, 2.45) is 5.92 Å². The molecule has 0 saturated heterocycles. The molecule has 0 aliphatic rings. The maximum atomic E-state index is 11.9. The Bertz CT molecular complexity index is 394. The van der Waals surface area contributed by atoms with E-state index < -0.39 is 0 Å². The molecule has 7 heteroatoms. The zero-order valence-corrected chi connectivity index (χ0v) is 13.0. The number of aliphatic hydroxyl groups excluding tert-OH is 1. The van der Waals surface area contributed by atoms with Crippen LogP contribution >= 0.6 is 0 Å². The summed E-state index contributed by atoms with van der Waals surface area (Å²) in [5, 5.41) is 13.6. The maximum Gasteiger partial charge on any atom is 0.246 e. The first-order chi connectivity index (χ1) is 9.84. The van der Waals surface area contributed by atoms with Crippen LogP contribution in [0.3, 0.4) is 0 Å². The van der Waals surface area contributed by atoms with Crippen LogP contribution in [-0.4, -0.2) is 61.0 Å². The number of nitrogens with one attached hydrogen (secondary N) is 2. The third kappa shape index (κ3) is 6.89. The largest absolute Gasteiger partial charge is 0.395 e. The molecule has 0 heterocycles. The molecule has 0 aliphatic carbocycles. The number of carbonyl (C=O) groups excluding carboxylic acids is 3. The summed E-state index contributed by atoms with van der Waals surface area (Å²) in [6.45, 7) is 5.53. The summed E-state index contributed by atoms with van der Waals surface area (Å²) in [6, 6.07) is -0.258. The molecule has 1 atom stereocenters. The number of aliphatic hydroxyl groups is 1. The minimum atomic E-state index is -0.276. The highest BCUT2D eigenvalue weighted by Crippen LogP contribution is 2.13. The molecule has 0 aromatic heterocycles. The fourth-order valence-electron chi connectivity index (χ4n) is 1.81. The van der Waals surface area contributed by atoms with E-state index in [1.807, 2.05) is 13.8 Å². The van der Waals surface area contributed by atoms with Crippen molar-refractivity contribution in [3.63, 3.8) is 0 Å². The van der Waals surface area contributed by atoms with Crippen LogP contribution in [0.15, 0.2) is 11.6 Å².